The van der Waals surface area contributed by atoms with Crippen LogP contribution >= 0.6 is 11.8 Å². The highest BCUT2D eigenvalue weighted by molar-refractivity contribution is 7.99. The van der Waals surface area contributed by atoms with Crippen LogP contribution < -0.4 is 11.3 Å². The van der Waals surface area contributed by atoms with E-state index in [0.717, 1.165) is 10.6 Å². The second kappa shape index (κ2) is 4.58. The van der Waals surface area contributed by atoms with Gasteiger partial charge >= 0.3 is 0 Å². The number of aryl methyl sites for hydroxylation is 2. The van der Waals surface area contributed by atoms with Crippen LogP contribution in [0.25, 0.3) is 0 Å². The molecule has 0 unspecified atom stereocenters. The van der Waals surface area contributed by atoms with Crippen molar-refractivity contribution in [1.82, 2.24) is 15.0 Å². The highest BCUT2D eigenvalue weighted by atomic mass is 32.2. The first-order chi connectivity index (χ1) is 8.04. The first kappa shape index (κ1) is 11.7. The lowest BCUT2D eigenvalue weighted by atomic mass is 10.3. The van der Waals surface area contributed by atoms with Gasteiger partial charge in [0.15, 0.2) is 5.16 Å². The fraction of sp³-hybridized carbons (Fsp3) is 0.182. The van der Waals surface area contributed by atoms with Crippen LogP contribution in [0.3, 0.4) is 0 Å². The molecule has 0 aliphatic carbocycles. The van der Waals surface area contributed by atoms with Crippen LogP contribution in [0.5, 0.6) is 0 Å². The zero-order valence-corrected chi connectivity index (χ0v) is 10.3. The Bertz CT molecular complexity index is 609. The molecule has 2 aromatic heterocycles. The highest BCUT2D eigenvalue weighted by Crippen LogP contribution is 2.25. The molecule has 0 fully saturated rings. The van der Waals surface area contributed by atoms with E-state index in [1.165, 1.54) is 17.8 Å². The Hall–Kier alpha value is -1.82. The predicted molar refractivity (Wildman–Crippen MR) is 67.1 cm³/mol. The van der Waals surface area contributed by atoms with Gasteiger partial charge in [-0.2, -0.15) is 0 Å². The van der Waals surface area contributed by atoms with Gasteiger partial charge in [0.2, 0.25) is 0 Å². The van der Waals surface area contributed by atoms with Crippen molar-refractivity contribution in [2.24, 2.45) is 0 Å². The number of nitrogens with two attached hydrogens (primary N) is 1. The van der Waals surface area contributed by atoms with Crippen LogP contribution in [-0.2, 0) is 0 Å². The van der Waals surface area contributed by atoms with Crippen LogP contribution in [-0.4, -0.2) is 15.0 Å². The Labute approximate surface area is 103 Å². The summed E-state index contributed by atoms with van der Waals surface area (Å²) in [5.74, 6) is 0. The second-order valence-electron chi connectivity index (χ2n) is 3.68. The largest absolute Gasteiger partial charge is 0.397 e. The fourth-order valence-electron chi connectivity index (χ4n) is 1.38. The molecule has 88 valence electrons. The van der Waals surface area contributed by atoms with E-state index in [2.05, 4.69) is 15.0 Å². The minimum absolute atomic E-state index is 0.159. The molecule has 0 bridgehead atoms. The molecule has 0 saturated carbocycles. The van der Waals surface area contributed by atoms with Gasteiger partial charge in [0.1, 0.15) is 5.03 Å². The van der Waals surface area contributed by atoms with Gasteiger partial charge in [0.25, 0.3) is 5.56 Å². The number of nitrogen functional groups attached to an aromatic ring is 1. The molecule has 0 saturated heterocycles. The summed E-state index contributed by atoms with van der Waals surface area (Å²) >= 11 is 1.32. The molecule has 5 nitrogen and oxygen atoms in total. The number of rotatable bonds is 2. The van der Waals surface area contributed by atoms with Crippen molar-refractivity contribution in [3.63, 3.8) is 0 Å². The number of nitrogens with one attached hydrogen (secondary N) is 1. The minimum Gasteiger partial charge on any atom is -0.397 e. The van der Waals surface area contributed by atoms with Gasteiger partial charge in [-0.05, 0) is 37.2 Å². The summed E-state index contributed by atoms with van der Waals surface area (Å²) in [5, 5.41) is 1.32. The van der Waals surface area contributed by atoms with Crippen molar-refractivity contribution in [2.45, 2.75) is 24.0 Å². The highest BCUT2D eigenvalue weighted by Gasteiger charge is 2.06. The van der Waals surface area contributed by atoms with Gasteiger partial charge in [-0.15, -0.1) is 0 Å². The lowest BCUT2D eigenvalue weighted by Crippen LogP contribution is -2.08. The van der Waals surface area contributed by atoms with E-state index in [-0.39, 0.29) is 5.56 Å². The summed E-state index contributed by atoms with van der Waals surface area (Å²) in [6.45, 7) is 3.70. The van der Waals surface area contributed by atoms with Crippen molar-refractivity contribution in [3.8, 4) is 0 Å². The molecule has 2 heterocycles. The summed E-state index contributed by atoms with van der Waals surface area (Å²) in [6, 6.07) is 3.29. The Balaban J connectivity index is 2.34. The van der Waals surface area contributed by atoms with Crippen molar-refractivity contribution in [2.75, 3.05) is 5.73 Å². The molecule has 0 aliphatic heterocycles. The Morgan fingerprint density at radius 2 is 2.12 bits per heavy atom. The van der Waals surface area contributed by atoms with Gasteiger partial charge < -0.3 is 10.7 Å². The predicted octanol–water partition coefficient (Wildman–Crippen LogP) is 1.52. The Morgan fingerprint density at radius 1 is 1.35 bits per heavy atom. The topological polar surface area (TPSA) is 84.7 Å². The molecule has 0 amide bonds. The fourth-order valence-corrected chi connectivity index (χ4v) is 2.23. The SMILES string of the molecule is Cc1cc(=O)[nH]c(Sc2ncc(N)cc2C)n1. The number of H-pyrrole nitrogens is 1. The summed E-state index contributed by atoms with van der Waals surface area (Å²) in [4.78, 5) is 22.4. The third-order valence-corrected chi connectivity index (χ3v) is 3.10. The summed E-state index contributed by atoms with van der Waals surface area (Å²) in [5.41, 5.74) is 7.73. The molecule has 6 heteroatoms. The number of hydrogen-bond donors (Lipinski definition) is 2. The first-order valence-electron chi connectivity index (χ1n) is 5.02. The van der Waals surface area contributed by atoms with E-state index < -0.39 is 0 Å². The van der Waals surface area contributed by atoms with Crippen LogP contribution in [0.2, 0.25) is 0 Å². The van der Waals surface area contributed by atoms with Gasteiger partial charge in [0.05, 0.1) is 11.9 Å². The van der Waals surface area contributed by atoms with E-state index >= 15 is 0 Å². The Kier molecular flexibility index (Phi) is 3.14. The maximum absolute atomic E-state index is 11.3. The molecule has 2 aromatic rings. The number of aromatic amines is 1. The van der Waals surface area contributed by atoms with Gasteiger partial charge in [0, 0.05) is 11.8 Å². The molecule has 0 aromatic carbocycles. The lowest BCUT2D eigenvalue weighted by Gasteiger charge is -2.04. The monoisotopic (exact) mass is 248 g/mol. The summed E-state index contributed by atoms with van der Waals surface area (Å²) in [7, 11) is 0. The van der Waals surface area contributed by atoms with E-state index in [9.17, 15) is 4.79 Å². The summed E-state index contributed by atoms with van der Waals surface area (Å²) < 4.78 is 0. The molecular formula is C11H12N4OS. The molecule has 2 rings (SSSR count). The molecule has 0 radical (unpaired) electrons. The van der Waals surface area contributed by atoms with E-state index in [1.54, 1.807) is 13.1 Å². The average Bonchev–Trinajstić information content (AvgIpc) is 2.21. The molecule has 0 aliphatic rings. The van der Waals surface area contributed by atoms with E-state index in [1.807, 2.05) is 13.0 Å². The third-order valence-electron chi connectivity index (χ3n) is 2.09. The van der Waals surface area contributed by atoms with Crippen molar-refractivity contribution in [1.29, 1.82) is 0 Å². The van der Waals surface area contributed by atoms with Gasteiger partial charge in [-0.25, -0.2) is 9.97 Å². The third kappa shape index (κ3) is 2.85. The van der Waals surface area contributed by atoms with Crippen LogP contribution in [0.4, 0.5) is 5.69 Å². The number of hydrogen-bond acceptors (Lipinski definition) is 5. The number of nitrogens with zero attached hydrogens (tertiary/aromatic N) is 2. The Morgan fingerprint density at radius 3 is 2.76 bits per heavy atom. The lowest BCUT2D eigenvalue weighted by molar-refractivity contribution is 0.900. The summed E-state index contributed by atoms with van der Waals surface area (Å²) in [6.07, 6.45) is 1.59. The first-order valence-corrected chi connectivity index (χ1v) is 5.84. The molecule has 0 spiro atoms. The van der Waals surface area contributed by atoms with Crippen LogP contribution in [0, 0.1) is 13.8 Å². The maximum atomic E-state index is 11.3. The van der Waals surface area contributed by atoms with Gasteiger partial charge in [-0.3, -0.25) is 4.79 Å². The van der Waals surface area contributed by atoms with E-state index in [4.69, 9.17) is 5.73 Å². The maximum Gasteiger partial charge on any atom is 0.251 e. The molecular weight excluding hydrogens is 236 g/mol. The zero-order chi connectivity index (χ0) is 12.4. The molecule has 0 atom stereocenters. The molecule has 3 N–H and O–H groups in total. The van der Waals surface area contributed by atoms with Gasteiger partial charge in [-0.1, -0.05) is 0 Å². The van der Waals surface area contributed by atoms with Crippen molar-refractivity contribution < 1.29 is 0 Å². The second-order valence-corrected chi connectivity index (χ2v) is 4.66. The molecule has 17 heavy (non-hydrogen) atoms. The quantitative estimate of drug-likeness (QED) is 0.787. The normalized spacial score (nSPS) is 10.5. The zero-order valence-electron chi connectivity index (χ0n) is 9.52. The van der Waals surface area contributed by atoms with Crippen molar-refractivity contribution in [3.05, 3.63) is 39.9 Å². The minimum atomic E-state index is -0.159. The van der Waals surface area contributed by atoms with Crippen LogP contribution in [0.15, 0.2) is 33.3 Å². The number of pyridine rings is 1. The number of anilines is 1. The smallest absolute Gasteiger partial charge is 0.251 e. The average molecular weight is 248 g/mol. The van der Waals surface area contributed by atoms with Crippen molar-refractivity contribution >= 4 is 17.4 Å². The van der Waals surface area contributed by atoms with E-state index in [0.29, 0.717) is 16.5 Å². The standard InChI is InChI=1S/C11H12N4OS/c1-6-3-8(12)5-13-10(6)17-11-14-7(2)4-9(16)15-11/h3-5H,12H2,1-2H3,(H,14,15,16). The van der Waals surface area contributed by atoms with Crippen LogP contribution in [0.1, 0.15) is 11.3 Å². The number of aromatic nitrogens is 3.